The SMILES string of the molecule is CCOC(=O)N1CCC(NC(=O)CCC(O)c2ccc(OC)cc2OC)CC1. The number of rotatable bonds is 8. The number of benzene rings is 1. The van der Waals surface area contributed by atoms with Crippen LogP contribution < -0.4 is 14.8 Å². The first-order valence-electron chi connectivity index (χ1n) is 9.59. The number of carbonyl (C=O) groups excluding carboxylic acids is 2. The molecule has 8 heteroatoms. The van der Waals surface area contributed by atoms with E-state index in [0.29, 0.717) is 49.6 Å². The average Bonchev–Trinajstić information content (AvgIpc) is 2.72. The van der Waals surface area contributed by atoms with E-state index in [0.717, 1.165) is 0 Å². The van der Waals surface area contributed by atoms with Crippen molar-refractivity contribution in [2.45, 2.75) is 44.8 Å². The third-order valence-electron chi connectivity index (χ3n) is 4.83. The molecule has 0 radical (unpaired) electrons. The van der Waals surface area contributed by atoms with Crippen LogP contribution in [0.2, 0.25) is 0 Å². The van der Waals surface area contributed by atoms with Crippen molar-refractivity contribution in [3.05, 3.63) is 23.8 Å². The Morgan fingerprint density at radius 3 is 2.57 bits per heavy atom. The van der Waals surface area contributed by atoms with Crippen LogP contribution in [0.1, 0.15) is 44.3 Å². The number of nitrogens with zero attached hydrogens (tertiary/aromatic N) is 1. The van der Waals surface area contributed by atoms with E-state index in [-0.39, 0.29) is 30.9 Å². The highest BCUT2D eigenvalue weighted by Gasteiger charge is 2.25. The minimum atomic E-state index is -0.808. The highest BCUT2D eigenvalue weighted by molar-refractivity contribution is 5.76. The normalized spacial score (nSPS) is 15.6. The number of carbonyl (C=O) groups is 2. The Morgan fingerprint density at radius 1 is 1.25 bits per heavy atom. The Labute approximate surface area is 165 Å². The second kappa shape index (κ2) is 10.8. The van der Waals surface area contributed by atoms with E-state index in [1.807, 2.05) is 0 Å². The molecular formula is C20H30N2O6. The van der Waals surface area contributed by atoms with Gasteiger partial charge < -0.3 is 29.5 Å². The molecule has 0 aromatic heterocycles. The summed E-state index contributed by atoms with van der Waals surface area (Å²) in [5.74, 6) is 1.06. The van der Waals surface area contributed by atoms with E-state index in [2.05, 4.69) is 5.32 Å². The Kier molecular flexibility index (Phi) is 8.38. The van der Waals surface area contributed by atoms with Crippen LogP contribution in [0.15, 0.2) is 18.2 Å². The van der Waals surface area contributed by atoms with Crippen molar-refractivity contribution in [2.24, 2.45) is 0 Å². The molecule has 1 aliphatic rings. The van der Waals surface area contributed by atoms with E-state index < -0.39 is 6.10 Å². The first kappa shape index (κ1) is 21.8. The number of hydrogen-bond acceptors (Lipinski definition) is 6. The summed E-state index contributed by atoms with van der Waals surface area (Å²) in [4.78, 5) is 25.6. The molecule has 0 spiro atoms. The lowest BCUT2D eigenvalue weighted by molar-refractivity contribution is -0.122. The molecule has 1 aromatic rings. The van der Waals surface area contributed by atoms with Gasteiger partial charge in [-0.25, -0.2) is 4.79 Å². The Bertz CT molecular complexity index is 658. The van der Waals surface area contributed by atoms with Crippen molar-refractivity contribution in [3.63, 3.8) is 0 Å². The first-order valence-corrected chi connectivity index (χ1v) is 9.59. The number of aliphatic hydroxyl groups is 1. The topological polar surface area (TPSA) is 97.3 Å². The number of aliphatic hydroxyl groups excluding tert-OH is 1. The molecule has 0 aliphatic carbocycles. The molecule has 156 valence electrons. The molecule has 1 aliphatic heterocycles. The first-order chi connectivity index (χ1) is 13.5. The van der Waals surface area contributed by atoms with Crippen LogP contribution in [0.4, 0.5) is 4.79 Å². The number of nitrogens with one attached hydrogen (secondary N) is 1. The van der Waals surface area contributed by atoms with Crippen LogP contribution in [-0.2, 0) is 9.53 Å². The summed E-state index contributed by atoms with van der Waals surface area (Å²) in [7, 11) is 3.09. The molecule has 1 aromatic carbocycles. The quantitative estimate of drug-likeness (QED) is 0.702. The Balaban J connectivity index is 1.78. The van der Waals surface area contributed by atoms with E-state index in [9.17, 15) is 14.7 Å². The van der Waals surface area contributed by atoms with Crippen molar-refractivity contribution < 1.29 is 28.9 Å². The van der Waals surface area contributed by atoms with Crippen LogP contribution >= 0.6 is 0 Å². The predicted octanol–water partition coefficient (Wildman–Crippen LogP) is 2.25. The molecule has 28 heavy (non-hydrogen) atoms. The zero-order valence-corrected chi connectivity index (χ0v) is 16.8. The maximum absolute atomic E-state index is 12.2. The zero-order chi connectivity index (χ0) is 20.5. The number of amides is 2. The summed E-state index contributed by atoms with van der Waals surface area (Å²) in [5.41, 5.74) is 0.624. The summed E-state index contributed by atoms with van der Waals surface area (Å²) >= 11 is 0. The van der Waals surface area contributed by atoms with Gasteiger partial charge in [-0.2, -0.15) is 0 Å². The van der Waals surface area contributed by atoms with Crippen molar-refractivity contribution in [3.8, 4) is 11.5 Å². The molecule has 1 unspecified atom stereocenters. The Hall–Kier alpha value is -2.48. The van der Waals surface area contributed by atoms with Gasteiger partial charge in [-0.05, 0) is 38.3 Å². The fourth-order valence-electron chi connectivity index (χ4n) is 3.24. The summed E-state index contributed by atoms with van der Waals surface area (Å²) in [6.45, 7) is 3.27. The second-order valence-corrected chi connectivity index (χ2v) is 6.69. The number of piperidine rings is 1. The molecule has 2 rings (SSSR count). The van der Waals surface area contributed by atoms with Crippen LogP contribution in [0.3, 0.4) is 0 Å². The fraction of sp³-hybridized carbons (Fsp3) is 0.600. The standard InChI is InChI=1S/C20H30N2O6/c1-4-28-20(25)22-11-9-14(10-12-22)21-19(24)8-7-17(23)16-6-5-15(26-2)13-18(16)27-3/h5-6,13-14,17,23H,4,7-12H2,1-3H3,(H,21,24). The lowest BCUT2D eigenvalue weighted by Gasteiger charge is -2.31. The van der Waals surface area contributed by atoms with E-state index in [4.69, 9.17) is 14.2 Å². The predicted molar refractivity (Wildman–Crippen MR) is 103 cm³/mol. The maximum Gasteiger partial charge on any atom is 0.409 e. The summed E-state index contributed by atoms with van der Waals surface area (Å²) in [5, 5.41) is 13.4. The molecular weight excluding hydrogens is 364 g/mol. The molecule has 1 saturated heterocycles. The summed E-state index contributed by atoms with van der Waals surface area (Å²) in [6, 6.07) is 5.23. The van der Waals surface area contributed by atoms with E-state index in [1.165, 1.54) is 7.11 Å². The highest BCUT2D eigenvalue weighted by atomic mass is 16.6. The van der Waals surface area contributed by atoms with Crippen LogP contribution in [0.5, 0.6) is 11.5 Å². The van der Waals surface area contributed by atoms with Crippen molar-refractivity contribution in [1.29, 1.82) is 0 Å². The van der Waals surface area contributed by atoms with Crippen molar-refractivity contribution in [2.75, 3.05) is 33.9 Å². The molecule has 1 fully saturated rings. The zero-order valence-electron chi connectivity index (χ0n) is 16.8. The van der Waals surface area contributed by atoms with E-state index in [1.54, 1.807) is 37.1 Å². The van der Waals surface area contributed by atoms with E-state index >= 15 is 0 Å². The van der Waals surface area contributed by atoms with Crippen LogP contribution in [0.25, 0.3) is 0 Å². The lowest BCUT2D eigenvalue weighted by Crippen LogP contribution is -2.46. The number of likely N-dealkylation sites (tertiary alicyclic amines) is 1. The van der Waals surface area contributed by atoms with Gasteiger partial charge in [0.15, 0.2) is 0 Å². The van der Waals surface area contributed by atoms with Gasteiger partial charge in [0.25, 0.3) is 0 Å². The molecule has 2 N–H and O–H groups in total. The Morgan fingerprint density at radius 2 is 1.96 bits per heavy atom. The molecule has 1 heterocycles. The smallest absolute Gasteiger partial charge is 0.409 e. The minimum absolute atomic E-state index is 0.0332. The third kappa shape index (κ3) is 6.02. The third-order valence-corrected chi connectivity index (χ3v) is 4.83. The largest absolute Gasteiger partial charge is 0.497 e. The average molecular weight is 394 g/mol. The maximum atomic E-state index is 12.2. The van der Waals surface area contributed by atoms with Gasteiger partial charge in [-0.15, -0.1) is 0 Å². The number of methoxy groups -OCH3 is 2. The summed E-state index contributed by atoms with van der Waals surface area (Å²) in [6.07, 6.45) is 0.768. The molecule has 0 saturated carbocycles. The van der Waals surface area contributed by atoms with Gasteiger partial charge in [0, 0.05) is 37.2 Å². The number of hydrogen-bond donors (Lipinski definition) is 2. The molecule has 2 amide bonds. The second-order valence-electron chi connectivity index (χ2n) is 6.69. The highest BCUT2D eigenvalue weighted by Crippen LogP contribution is 2.31. The van der Waals surface area contributed by atoms with Crippen molar-refractivity contribution in [1.82, 2.24) is 10.2 Å². The minimum Gasteiger partial charge on any atom is -0.497 e. The van der Waals surface area contributed by atoms with Gasteiger partial charge >= 0.3 is 6.09 Å². The van der Waals surface area contributed by atoms with Crippen LogP contribution in [0, 0.1) is 0 Å². The summed E-state index contributed by atoms with van der Waals surface area (Å²) < 4.78 is 15.4. The number of ether oxygens (including phenoxy) is 3. The lowest BCUT2D eigenvalue weighted by atomic mass is 10.0. The van der Waals surface area contributed by atoms with Gasteiger partial charge in [0.1, 0.15) is 11.5 Å². The molecule has 1 atom stereocenters. The molecule has 0 bridgehead atoms. The van der Waals surface area contributed by atoms with Gasteiger partial charge in [0.2, 0.25) is 5.91 Å². The van der Waals surface area contributed by atoms with Gasteiger partial charge in [-0.1, -0.05) is 0 Å². The monoisotopic (exact) mass is 394 g/mol. The van der Waals surface area contributed by atoms with Gasteiger partial charge in [0.05, 0.1) is 26.9 Å². The van der Waals surface area contributed by atoms with Crippen LogP contribution in [-0.4, -0.2) is 62.0 Å². The van der Waals surface area contributed by atoms with Crippen molar-refractivity contribution >= 4 is 12.0 Å². The fourth-order valence-corrected chi connectivity index (χ4v) is 3.24. The molecule has 8 nitrogen and oxygen atoms in total. The van der Waals surface area contributed by atoms with Gasteiger partial charge in [-0.3, -0.25) is 4.79 Å².